The summed E-state index contributed by atoms with van der Waals surface area (Å²) in [6.07, 6.45) is 0. The van der Waals surface area contributed by atoms with E-state index in [0.29, 0.717) is 12.1 Å². The lowest BCUT2D eigenvalue weighted by atomic mass is 9.84. The zero-order valence-corrected chi connectivity index (χ0v) is 24.1. The van der Waals surface area contributed by atoms with E-state index in [2.05, 4.69) is 115 Å². The highest BCUT2D eigenvalue weighted by Crippen LogP contribution is 2.47. The van der Waals surface area contributed by atoms with Gasteiger partial charge in [0.25, 0.3) is 0 Å². The Kier molecular flexibility index (Phi) is 5.03. The molecule has 8 aromatic carbocycles. The molecule has 0 bridgehead atoms. The molecule has 0 saturated heterocycles. The SMILES string of the molecule is [2H]c1ccc2cc(-c3ccc(-c4c5ccccc5c(-c5cccc6sc7c([2H])cccc7c56)c5ccccc45)cc3)ccc2c1. The average molecular weight is 565 g/mol. The Morgan fingerprint density at radius 3 is 1.84 bits per heavy atom. The Bertz CT molecular complexity index is 2550. The van der Waals surface area contributed by atoms with Gasteiger partial charge in [-0.1, -0.05) is 140 Å². The fourth-order valence-electron chi connectivity index (χ4n) is 6.78. The fraction of sp³-hybridized carbons (Fsp3) is 0. The molecule has 0 aliphatic heterocycles. The Balaban J connectivity index is 1.27. The summed E-state index contributed by atoms with van der Waals surface area (Å²) in [5.41, 5.74) is 7.24. The van der Waals surface area contributed by atoms with E-state index in [9.17, 15) is 0 Å². The minimum absolute atomic E-state index is 0.535. The number of fused-ring (bicyclic) bond motifs is 6. The Hall–Kier alpha value is -5.24. The normalized spacial score (nSPS) is 12.4. The number of hydrogen-bond acceptors (Lipinski definition) is 1. The van der Waals surface area contributed by atoms with Crippen molar-refractivity contribution in [3.8, 4) is 33.4 Å². The van der Waals surface area contributed by atoms with Crippen LogP contribution in [0.3, 0.4) is 0 Å². The molecule has 1 heteroatoms. The van der Waals surface area contributed by atoms with Gasteiger partial charge in [-0.05, 0) is 83.9 Å². The summed E-state index contributed by atoms with van der Waals surface area (Å²) in [6.45, 7) is 0. The van der Waals surface area contributed by atoms with E-state index in [1.165, 1.54) is 65.0 Å². The summed E-state index contributed by atoms with van der Waals surface area (Å²) in [5.74, 6) is 0. The smallest absolute Gasteiger partial charge is 0.0638 e. The molecule has 0 nitrogen and oxygen atoms in total. The second-order valence-electron chi connectivity index (χ2n) is 11.1. The van der Waals surface area contributed by atoms with Crippen molar-refractivity contribution in [1.29, 1.82) is 0 Å². The summed E-state index contributed by atoms with van der Waals surface area (Å²) in [4.78, 5) is 0. The van der Waals surface area contributed by atoms with Crippen molar-refractivity contribution in [2.45, 2.75) is 0 Å². The van der Waals surface area contributed by atoms with Crippen LogP contribution in [0.15, 0.2) is 158 Å². The lowest BCUT2D eigenvalue weighted by Crippen LogP contribution is -1.91. The molecule has 0 radical (unpaired) electrons. The van der Waals surface area contributed by atoms with Crippen molar-refractivity contribution in [2.24, 2.45) is 0 Å². The number of benzene rings is 8. The first-order chi connectivity index (χ1) is 22.1. The van der Waals surface area contributed by atoms with Gasteiger partial charge >= 0.3 is 0 Å². The van der Waals surface area contributed by atoms with E-state index in [4.69, 9.17) is 2.74 Å². The maximum Gasteiger partial charge on any atom is 0.0638 e. The zero-order valence-electron chi connectivity index (χ0n) is 25.3. The molecule has 0 unspecified atom stereocenters. The lowest BCUT2D eigenvalue weighted by molar-refractivity contribution is 1.63. The molecule has 9 aromatic rings. The van der Waals surface area contributed by atoms with Crippen molar-refractivity contribution in [2.75, 3.05) is 0 Å². The molecule has 0 aliphatic carbocycles. The molecule has 0 aliphatic rings. The Labute approximate surface area is 256 Å². The number of hydrogen-bond donors (Lipinski definition) is 0. The topological polar surface area (TPSA) is 0 Å². The molecule has 1 aromatic heterocycles. The third-order valence-electron chi connectivity index (χ3n) is 8.72. The third-order valence-corrected chi connectivity index (χ3v) is 9.82. The molecular formula is C42H26S. The maximum atomic E-state index is 8.57. The van der Waals surface area contributed by atoms with Gasteiger partial charge in [-0.2, -0.15) is 0 Å². The van der Waals surface area contributed by atoms with Crippen LogP contribution in [-0.2, 0) is 0 Å². The Morgan fingerprint density at radius 2 is 1.07 bits per heavy atom. The summed E-state index contributed by atoms with van der Waals surface area (Å²) >= 11 is 1.71. The van der Waals surface area contributed by atoms with Gasteiger partial charge in [0.05, 0.1) is 2.74 Å². The van der Waals surface area contributed by atoms with E-state index in [-0.39, 0.29) is 0 Å². The molecule has 0 saturated carbocycles. The molecular weight excluding hydrogens is 537 g/mol. The van der Waals surface area contributed by atoms with Crippen molar-refractivity contribution in [1.82, 2.24) is 0 Å². The molecule has 200 valence electrons. The van der Waals surface area contributed by atoms with Crippen molar-refractivity contribution in [3.63, 3.8) is 0 Å². The van der Waals surface area contributed by atoms with Crippen molar-refractivity contribution >= 4 is 63.8 Å². The third kappa shape index (κ3) is 3.82. The average Bonchev–Trinajstić information content (AvgIpc) is 3.48. The fourth-order valence-corrected chi connectivity index (χ4v) is 7.88. The number of rotatable bonds is 3. The minimum Gasteiger partial charge on any atom is -0.135 e. The van der Waals surface area contributed by atoms with Crippen LogP contribution in [-0.4, -0.2) is 0 Å². The van der Waals surface area contributed by atoms with Gasteiger partial charge in [0, 0.05) is 20.2 Å². The van der Waals surface area contributed by atoms with Crippen LogP contribution >= 0.6 is 11.3 Å². The largest absolute Gasteiger partial charge is 0.135 e. The summed E-state index contributed by atoms with van der Waals surface area (Å²) < 4.78 is 18.8. The zero-order chi connectivity index (χ0) is 30.1. The first kappa shape index (κ1) is 22.4. The van der Waals surface area contributed by atoms with Gasteiger partial charge in [0.1, 0.15) is 0 Å². The van der Waals surface area contributed by atoms with Crippen LogP contribution < -0.4 is 0 Å². The van der Waals surface area contributed by atoms with Crippen molar-refractivity contribution in [3.05, 3.63) is 158 Å². The molecule has 0 amide bonds. The van der Waals surface area contributed by atoms with Gasteiger partial charge in [0.2, 0.25) is 0 Å². The molecule has 1 heterocycles. The van der Waals surface area contributed by atoms with E-state index < -0.39 is 0 Å². The summed E-state index contributed by atoms with van der Waals surface area (Å²) in [7, 11) is 0. The highest BCUT2D eigenvalue weighted by atomic mass is 32.1. The van der Waals surface area contributed by atoms with E-state index in [1.54, 1.807) is 11.3 Å². The van der Waals surface area contributed by atoms with Gasteiger partial charge in [0.15, 0.2) is 0 Å². The predicted octanol–water partition coefficient (Wildman–Crippen LogP) is 12.5. The second-order valence-corrected chi connectivity index (χ2v) is 12.2. The van der Waals surface area contributed by atoms with Crippen LogP contribution in [0.1, 0.15) is 2.74 Å². The monoisotopic (exact) mass is 564 g/mol. The highest BCUT2D eigenvalue weighted by Gasteiger charge is 2.19. The standard InChI is InChI=1S/C42H26S/c1-2-11-30-26-31(25-22-27(30)10-1)28-20-23-29(24-21-28)40-32-12-3-5-14-34(32)41(35-15-6-4-13-33(35)40)37-17-9-19-39-42(37)36-16-7-8-18-38(36)43-39/h1-26H/i1D,18D. The van der Waals surface area contributed by atoms with E-state index >= 15 is 0 Å². The summed E-state index contributed by atoms with van der Waals surface area (Å²) in [5, 5.41) is 9.54. The van der Waals surface area contributed by atoms with Gasteiger partial charge in [-0.3, -0.25) is 0 Å². The minimum atomic E-state index is 0.535. The molecule has 0 atom stereocenters. The summed E-state index contributed by atoms with van der Waals surface area (Å²) in [6, 6.07) is 52.6. The quantitative estimate of drug-likeness (QED) is 0.187. The van der Waals surface area contributed by atoms with E-state index in [0.717, 1.165) is 20.9 Å². The number of thiophene rings is 1. The molecule has 9 rings (SSSR count). The van der Waals surface area contributed by atoms with E-state index in [1.807, 2.05) is 30.3 Å². The van der Waals surface area contributed by atoms with Gasteiger partial charge in [-0.15, -0.1) is 11.3 Å². The molecule has 0 fully saturated rings. The molecule has 43 heavy (non-hydrogen) atoms. The molecule has 0 spiro atoms. The van der Waals surface area contributed by atoms with Crippen molar-refractivity contribution < 1.29 is 2.74 Å². The first-order valence-electron chi connectivity index (χ1n) is 15.6. The van der Waals surface area contributed by atoms with Crippen LogP contribution in [0.25, 0.3) is 85.9 Å². The van der Waals surface area contributed by atoms with Crippen LogP contribution in [0, 0.1) is 0 Å². The lowest BCUT2D eigenvalue weighted by Gasteiger charge is -2.18. The van der Waals surface area contributed by atoms with Crippen LogP contribution in [0.5, 0.6) is 0 Å². The van der Waals surface area contributed by atoms with Crippen LogP contribution in [0.2, 0.25) is 0 Å². The van der Waals surface area contributed by atoms with Gasteiger partial charge < -0.3 is 0 Å². The second kappa shape index (κ2) is 9.66. The predicted molar refractivity (Wildman–Crippen MR) is 188 cm³/mol. The highest BCUT2D eigenvalue weighted by molar-refractivity contribution is 7.25. The van der Waals surface area contributed by atoms with Gasteiger partial charge in [-0.25, -0.2) is 0 Å². The Morgan fingerprint density at radius 1 is 0.419 bits per heavy atom. The first-order valence-corrected chi connectivity index (χ1v) is 15.4. The molecule has 0 N–H and O–H groups in total. The maximum absolute atomic E-state index is 8.57. The van der Waals surface area contributed by atoms with Crippen LogP contribution in [0.4, 0.5) is 0 Å².